The summed E-state index contributed by atoms with van der Waals surface area (Å²) in [6.07, 6.45) is -3.06. The molecular weight excluding hydrogens is 219 g/mol. The number of halogens is 3. The molecule has 0 fully saturated rings. The highest BCUT2D eigenvalue weighted by Crippen LogP contribution is 2.30. The van der Waals surface area contributed by atoms with E-state index < -0.39 is 17.7 Å². The van der Waals surface area contributed by atoms with Crippen LogP contribution in [0.3, 0.4) is 0 Å². The Morgan fingerprint density at radius 2 is 2.00 bits per heavy atom. The maximum absolute atomic E-state index is 12.3. The Kier molecular flexibility index (Phi) is 4.73. The molecule has 0 saturated carbocycles. The first-order valence-electron chi connectivity index (χ1n) is 3.80. The maximum Gasteiger partial charge on any atom is 0.417 e. The molecule has 14 heavy (non-hydrogen) atoms. The monoisotopic (exact) mass is 231 g/mol. The number of carbonyl (C=O) groups is 1. The van der Waals surface area contributed by atoms with Crippen LogP contribution in [-0.2, 0) is 4.79 Å². The number of aliphatic carboxylic acids is 1. The first kappa shape index (κ1) is 13.6. The summed E-state index contributed by atoms with van der Waals surface area (Å²) in [4.78, 5) is 10.5. The summed E-state index contributed by atoms with van der Waals surface area (Å²) in [7, 11) is 0. The number of alkyl halides is 3. The third-order valence-corrected chi connectivity index (χ3v) is 2.39. The predicted molar refractivity (Wildman–Crippen MR) is 48.5 cm³/mol. The third-order valence-electron chi connectivity index (χ3n) is 1.78. The molecule has 1 atom stereocenters. The molecule has 0 aliphatic heterocycles. The Morgan fingerprint density at radius 3 is 2.29 bits per heavy atom. The van der Waals surface area contributed by atoms with Crippen LogP contribution in [0.1, 0.15) is 6.92 Å². The highest BCUT2D eigenvalue weighted by molar-refractivity contribution is 7.98. The zero-order valence-electron chi connectivity index (χ0n) is 7.81. The number of carboxylic acids is 1. The Morgan fingerprint density at radius 1 is 1.50 bits per heavy atom. The number of nitrogens with one attached hydrogen (secondary N) is 1. The average molecular weight is 231 g/mol. The second kappa shape index (κ2) is 4.88. The van der Waals surface area contributed by atoms with Gasteiger partial charge in [0.05, 0.1) is 0 Å². The summed E-state index contributed by atoms with van der Waals surface area (Å²) < 4.78 is 37.0. The first-order chi connectivity index (χ1) is 6.25. The fourth-order valence-electron chi connectivity index (χ4n) is 0.700. The number of hydrogen-bond acceptors (Lipinski definition) is 3. The van der Waals surface area contributed by atoms with E-state index in [1.807, 2.05) is 5.32 Å². The van der Waals surface area contributed by atoms with Gasteiger partial charge in [-0.05, 0) is 13.2 Å². The van der Waals surface area contributed by atoms with Crippen molar-refractivity contribution in [2.24, 2.45) is 0 Å². The Bertz CT molecular complexity index is 210. The van der Waals surface area contributed by atoms with Gasteiger partial charge >= 0.3 is 12.1 Å². The molecule has 0 spiro atoms. The minimum absolute atomic E-state index is 0.00345. The van der Waals surface area contributed by atoms with Crippen LogP contribution in [0.5, 0.6) is 0 Å². The molecule has 0 aromatic carbocycles. The second-order valence-corrected chi connectivity index (χ2v) is 3.83. The van der Waals surface area contributed by atoms with Crippen molar-refractivity contribution in [1.29, 1.82) is 0 Å². The molecule has 0 radical (unpaired) electrons. The van der Waals surface area contributed by atoms with Crippen LogP contribution < -0.4 is 5.32 Å². The van der Waals surface area contributed by atoms with Crippen LogP contribution in [0.4, 0.5) is 13.2 Å². The molecule has 0 rings (SSSR count). The molecule has 0 bridgehead atoms. The van der Waals surface area contributed by atoms with E-state index in [1.54, 1.807) is 6.26 Å². The van der Waals surface area contributed by atoms with Crippen LogP contribution in [0, 0.1) is 0 Å². The lowest BCUT2D eigenvalue weighted by Crippen LogP contribution is -2.60. The van der Waals surface area contributed by atoms with Crippen LogP contribution in [-0.4, -0.2) is 41.3 Å². The summed E-state index contributed by atoms with van der Waals surface area (Å²) in [5.74, 6) is -1.48. The lowest BCUT2D eigenvalue weighted by molar-refractivity contribution is -0.205. The highest BCUT2D eigenvalue weighted by Gasteiger charge is 2.56. The van der Waals surface area contributed by atoms with E-state index in [4.69, 9.17) is 5.11 Å². The van der Waals surface area contributed by atoms with Crippen LogP contribution in [0.2, 0.25) is 0 Å². The van der Waals surface area contributed by atoms with Gasteiger partial charge in [0.2, 0.25) is 5.54 Å². The predicted octanol–water partition coefficient (Wildman–Crippen LogP) is 1.34. The fourth-order valence-corrected chi connectivity index (χ4v) is 1.01. The highest BCUT2D eigenvalue weighted by atomic mass is 32.2. The van der Waals surface area contributed by atoms with Gasteiger partial charge in [-0.15, -0.1) is 0 Å². The third kappa shape index (κ3) is 3.06. The molecule has 0 aromatic rings. The van der Waals surface area contributed by atoms with Crippen molar-refractivity contribution in [1.82, 2.24) is 5.32 Å². The zero-order chi connectivity index (χ0) is 11.4. The summed E-state index contributed by atoms with van der Waals surface area (Å²) >= 11 is 1.34. The number of rotatable bonds is 5. The van der Waals surface area contributed by atoms with E-state index in [-0.39, 0.29) is 6.54 Å². The first-order valence-corrected chi connectivity index (χ1v) is 5.19. The standard InChI is InChI=1S/C7H12F3NO2S/c1-6(5(12)13,7(8,9)10)11-3-4-14-2/h11H,3-4H2,1-2H3,(H,12,13). The van der Waals surface area contributed by atoms with Crippen molar-refractivity contribution in [3.8, 4) is 0 Å². The SMILES string of the molecule is CSCCNC(C)(C(=O)O)C(F)(F)F. The molecule has 0 amide bonds. The molecule has 84 valence electrons. The van der Waals surface area contributed by atoms with Gasteiger partial charge in [0.15, 0.2) is 0 Å². The topological polar surface area (TPSA) is 49.3 Å². The van der Waals surface area contributed by atoms with E-state index in [0.29, 0.717) is 12.7 Å². The minimum Gasteiger partial charge on any atom is -0.480 e. The molecule has 0 heterocycles. The van der Waals surface area contributed by atoms with E-state index in [9.17, 15) is 18.0 Å². The molecule has 0 saturated heterocycles. The molecule has 1 unspecified atom stereocenters. The molecule has 2 N–H and O–H groups in total. The van der Waals surface area contributed by atoms with Crippen LogP contribution in [0.25, 0.3) is 0 Å². The largest absolute Gasteiger partial charge is 0.480 e. The number of carboxylic acid groups (broad SMARTS) is 1. The quantitative estimate of drug-likeness (QED) is 0.701. The molecular formula is C7H12F3NO2S. The summed E-state index contributed by atoms with van der Waals surface area (Å²) in [5, 5.41) is 10.5. The van der Waals surface area contributed by atoms with Gasteiger partial charge in [-0.2, -0.15) is 24.9 Å². The zero-order valence-corrected chi connectivity index (χ0v) is 8.63. The second-order valence-electron chi connectivity index (χ2n) is 2.85. The molecule has 0 aliphatic rings. The smallest absolute Gasteiger partial charge is 0.417 e. The Balaban J connectivity index is 4.50. The summed E-state index contributed by atoms with van der Waals surface area (Å²) in [5.41, 5.74) is -2.86. The fraction of sp³-hybridized carbons (Fsp3) is 0.857. The lowest BCUT2D eigenvalue weighted by Gasteiger charge is -2.28. The molecule has 7 heteroatoms. The van der Waals surface area contributed by atoms with Crippen molar-refractivity contribution in [3.05, 3.63) is 0 Å². The Labute approximate surface area is 84.1 Å². The summed E-state index contributed by atoms with van der Waals surface area (Å²) in [6.45, 7) is 0.624. The minimum atomic E-state index is -4.79. The molecule has 0 aromatic heterocycles. The summed E-state index contributed by atoms with van der Waals surface area (Å²) in [6, 6.07) is 0. The van der Waals surface area contributed by atoms with Crippen molar-refractivity contribution >= 4 is 17.7 Å². The van der Waals surface area contributed by atoms with E-state index in [0.717, 1.165) is 0 Å². The van der Waals surface area contributed by atoms with Gasteiger partial charge in [-0.25, -0.2) is 4.79 Å². The maximum atomic E-state index is 12.3. The van der Waals surface area contributed by atoms with Gasteiger partial charge in [-0.3, -0.25) is 5.32 Å². The number of thioether (sulfide) groups is 1. The van der Waals surface area contributed by atoms with Crippen molar-refractivity contribution < 1.29 is 23.1 Å². The van der Waals surface area contributed by atoms with E-state index in [1.165, 1.54) is 11.8 Å². The van der Waals surface area contributed by atoms with Crippen molar-refractivity contribution in [3.63, 3.8) is 0 Å². The van der Waals surface area contributed by atoms with Gasteiger partial charge in [0.1, 0.15) is 0 Å². The van der Waals surface area contributed by atoms with Crippen LogP contribution >= 0.6 is 11.8 Å². The van der Waals surface area contributed by atoms with Gasteiger partial charge in [0.25, 0.3) is 0 Å². The van der Waals surface area contributed by atoms with Crippen LogP contribution in [0.15, 0.2) is 0 Å². The van der Waals surface area contributed by atoms with Gasteiger partial charge in [0, 0.05) is 12.3 Å². The number of hydrogen-bond donors (Lipinski definition) is 2. The van der Waals surface area contributed by atoms with Crippen molar-refractivity contribution in [2.75, 3.05) is 18.6 Å². The van der Waals surface area contributed by atoms with Gasteiger partial charge in [-0.1, -0.05) is 0 Å². The average Bonchev–Trinajstić information content (AvgIpc) is 2.02. The van der Waals surface area contributed by atoms with E-state index in [2.05, 4.69) is 0 Å². The van der Waals surface area contributed by atoms with Crippen molar-refractivity contribution in [2.45, 2.75) is 18.6 Å². The van der Waals surface area contributed by atoms with Gasteiger partial charge < -0.3 is 5.11 Å². The Hall–Kier alpha value is -0.430. The molecule has 3 nitrogen and oxygen atoms in total. The van der Waals surface area contributed by atoms with E-state index >= 15 is 0 Å². The molecule has 0 aliphatic carbocycles. The normalized spacial score (nSPS) is 16.4. The lowest BCUT2D eigenvalue weighted by atomic mass is 10.0.